The lowest BCUT2D eigenvalue weighted by Gasteiger charge is -2.42. The first-order valence-electron chi connectivity index (χ1n) is 9.58. The second kappa shape index (κ2) is 8.28. The van der Waals surface area contributed by atoms with E-state index in [0.29, 0.717) is 23.9 Å². The first kappa shape index (κ1) is 20.1. The summed E-state index contributed by atoms with van der Waals surface area (Å²) in [4.78, 5) is 33.0. The van der Waals surface area contributed by atoms with Crippen LogP contribution in [-0.2, 0) is 16.1 Å². The Kier molecular flexibility index (Phi) is 5.74. The van der Waals surface area contributed by atoms with Gasteiger partial charge in [0.2, 0.25) is 5.91 Å². The molecule has 2 fully saturated rings. The van der Waals surface area contributed by atoms with Crippen molar-refractivity contribution in [2.75, 3.05) is 11.4 Å². The van der Waals surface area contributed by atoms with Crippen LogP contribution >= 0.6 is 23.2 Å². The minimum atomic E-state index is -0.716. The molecule has 1 aromatic heterocycles. The van der Waals surface area contributed by atoms with E-state index in [0.717, 1.165) is 35.8 Å². The molecule has 1 aromatic carbocycles. The molecule has 1 aliphatic heterocycles. The molecule has 0 bridgehead atoms. The molecule has 1 unspecified atom stereocenters. The second-order valence-electron chi connectivity index (χ2n) is 7.58. The highest BCUT2D eigenvalue weighted by Crippen LogP contribution is 2.35. The lowest BCUT2D eigenvalue weighted by atomic mass is 9.80. The lowest BCUT2D eigenvalue weighted by molar-refractivity contribution is -0.144. The zero-order chi connectivity index (χ0) is 20.5. The van der Waals surface area contributed by atoms with E-state index in [9.17, 15) is 14.0 Å². The van der Waals surface area contributed by atoms with Crippen molar-refractivity contribution in [2.24, 2.45) is 5.92 Å². The normalized spacial score (nSPS) is 20.2. The maximum Gasteiger partial charge on any atom is 0.251 e. The molecule has 0 radical (unpaired) electrons. The molecule has 0 N–H and O–H groups in total. The van der Waals surface area contributed by atoms with Gasteiger partial charge in [-0.15, -0.1) is 0 Å². The number of benzene rings is 1. The number of pyridine rings is 1. The Bertz CT molecular complexity index is 934. The number of carbonyl (C=O) groups is 2. The Labute approximate surface area is 178 Å². The van der Waals surface area contributed by atoms with E-state index < -0.39 is 11.9 Å². The van der Waals surface area contributed by atoms with Crippen molar-refractivity contribution in [3.63, 3.8) is 0 Å². The van der Waals surface area contributed by atoms with Crippen LogP contribution in [0.5, 0.6) is 0 Å². The minimum Gasteiger partial charge on any atom is -0.325 e. The van der Waals surface area contributed by atoms with E-state index in [2.05, 4.69) is 4.98 Å². The maximum atomic E-state index is 14.4. The van der Waals surface area contributed by atoms with Gasteiger partial charge in [0.05, 0.1) is 5.02 Å². The van der Waals surface area contributed by atoms with Crippen molar-refractivity contribution in [2.45, 2.75) is 38.3 Å². The molecule has 29 heavy (non-hydrogen) atoms. The zero-order valence-electron chi connectivity index (χ0n) is 15.7. The molecule has 2 aromatic rings. The van der Waals surface area contributed by atoms with Crippen molar-refractivity contribution in [1.82, 2.24) is 9.88 Å². The van der Waals surface area contributed by atoms with Gasteiger partial charge in [0, 0.05) is 17.8 Å². The summed E-state index contributed by atoms with van der Waals surface area (Å²) < 4.78 is 14.4. The van der Waals surface area contributed by atoms with Crippen LogP contribution in [0.2, 0.25) is 10.0 Å². The van der Waals surface area contributed by atoms with Crippen molar-refractivity contribution in [3.05, 3.63) is 58.0 Å². The summed E-state index contributed by atoms with van der Waals surface area (Å²) in [5, 5.41) is 0.744. The van der Waals surface area contributed by atoms with E-state index in [1.54, 1.807) is 17.0 Å². The number of nitrogens with zero attached hydrogens (tertiary/aromatic N) is 3. The summed E-state index contributed by atoms with van der Waals surface area (Å²) in [7, 11) is 0. The number of carbonyl (C=O) groups excluding carboxylic acids is 2. The average Bonchev–Trinajstić information content (AvgIpc) is 2.65. The number of halogens is 3. The predicted molar refractivity (Wildman–Crippen MR) is 109 cm³/mol. The van der Waals surface area contributed by atoms with Crippen LogP contribution in [-0.4, -0.2) is 34.3 Å². The zero-order valence-corrected chi connectivity index (χ0v) is 17.2. The monoisotopic (exact) mass is 435 g/mol. The second-order valence-corrected chi connectivity index (χ2v) is 8.45. The van der Waals surface area contributed by atoms with Gasteiger partial charge in [0.1, 0.15) is 12.6 Å². The van der Waals surface area contributed by atoms with Crippen molar-refractivity contribution >= 4 is 40.8 Å². The summed E-state index contributed by atoms with van der Waals surface area (Å²) in [6.07, 6.45) is 5.07. The highest BCUT2D eigenvalue weighted by Gasteiger charge is 2.42. The number of hydrogen-bond acceptors (Lipinski definition) is 3. The van der Waals surface area contributed by atoms with Gasteiger partial charge in [0.25, 0.3) is 5.91 Å². The first-order chi connectivity index (χ1) is 13.9. The van der Waals surface area contributed by atoms with Gasteiger partial charge in [-0.05, 0) is 36.1 Å². The van der Waals surface area contributed by atoms with Crippen molar-refractivity contribution in [1.29, 1.82) is 0 Å². The molecule has 1 aliphatic carbocycles. The Balaban J connectivity index is 1.63. The smallest absolute Gasteiger partial charge is 0.251 e. The quantitative estimate of drug-likeness (QED) is 0.696. The number of rotatable bonds is 5. The molecule has 5 nitrogen and oxygen atoms in total. The largest absolute Gasteiger partial charge is 0.325 e. The fourth-order valence-corrected chi connectivity index (χ4v) is 4.10. The Hall–Kier alpha value is -2.18. The van der Waals surface area contributed by atoms with Crippen LogP contribution in [0, 0.1) is 11.7 Å². The summed E-state index contributed by atoms with van der Waals surface area (Å²) in [6, 6.07) is 7.65. The average molecular weight is 436 g/mol. The minimum absolute atomic E-state index is 0.136. The topological polar surface area (TPSA) is 53.5 Å². The standard InChI is InChI=1S/C21H20Cl2FN3O2/c22-15-6-4-14(5-7-15)11-26-18(8-13-2-1-3-13)21(29)27(12-19(26)28)20-17(24)9-16(23)10-25-20/h4-7,9-10,13,18H,1-3,8,11-12H2. The van der Waals surface area contributed by atoms with Gasteiger partial charge < -0.3 is 4.90 Å². The Morgan fingerprint density at radius 1 is 1.10 bits per heavy atom. The number of piperazine rings is 1. The predicted octanol–water partition coefficient (Wildman–Crippen LogP) is 4.46. The van der Waals surface area contributed by atoms with Crippen LogP contribution in [0.1, 0.15) is 31.2 Å². The molecule has 2 amide bonds. The van der Waals surface area contributed by atoms with Crippen molar-refractivity contribution < 1.29 is 14.0 Å². The van der Waals surface area contributed by atoms with Crippen LogP contribution in [0.4, 0.5) is 10.2 Å². The molecule has 2 heterocycles. The van der Waals surface area contributed by atoms with Crippen molar-refractivity contribution in [3.8, 4) is 0 Å². The number of hydrogen-bond donors (Lipinski definition) is 0. The molecule has 4 rings (SSSR count). The van der Waals surface area contributed by atoms with Gasteiger partial charge in [-0.2, -0.15) is 0 Å². The summed E-state index contributed by atoms with van der Waals surface area (Å²) in [5.74, 6) is -1.02. The van der Waals surface area contributed by atoms with E-state index in [1.165, 1.54) is 6.20 Å². The third-order valence-electron chi connectivity index (χ3n) is 5.63. The van der Waals surface area contributed by atoms with Gasteiger partial charge in [-0.1, -0.05) is 54.6 Å². The van der Waals surface area contributed by atoms with Crippen LogP contribution in [0.3, 0.4) is 0 Å². The maximum absolute atomic E-state index is 14.4. The molecule has 1 saturated heterocycles. The molecular formula is C21H20Cl2FN3O2. The SMILES string of the molecule is O=C1C(CC2CCC2)N(Cc2ccc(Cl)cc2)C(=O)CN1c1ncc(Cl)cc1F. The third kappa shape index (κ3) is 4.23. The summed E-state index contributed by atoms with van der Waals surface area (Å²) in [5.41, 5.74) is 0.887. The van der Waals surface area contributed by atoms with E-state index in [1.807, 2.05) is 12.1 Å². The van der Waals surface area contributed by atoms with E-state index in [4.69, 9.17) is 23.2 Å². The summed E-state index contributed by atoms with van der Waals surface area (Å²) in [6.45, 7) is 0.0582. The Morgan fingerprint density at radius 3 is 2.45 bits per heavy atom. The van der Waals surface area contributed by atoms with Gasteiger partial charge >= 0.3 is 0 Å². The van der Waals surface area contributed by atoms with Crippen LogP contribution < -0.4 is 4.90 Å². The van der Waals surface area contributed by atoms with Crippen LogP contribution in [0.25, 0.3) is 0 Å². The van der Waals surface area contributed by atoms with Gasteiger partial charge in [-0.3, -0.25) is 14.5 Å². The number of anilines is 1. The van der Waals surface area contributed by atoms with Crippen LogP contribution in [0.15, 0.2) is 36.5 Å². The van der Waals surface area contributed by atoms with E-state index in [-0.39, 0.29) is 29.2 Å². The molecule has 8 heteroatoms. The third-order valence-corrected chi connectivity index (χ3v) is 6.09. The first-order valence-corrected chi connectivity index (χ1v) is 10.3. The molecule has 152 valence electrons. The number of aromatic nitrogens is 1. The lowest BCUT2D eigenvalue weighted by Crippen LogP contribution is -2.60. The Morgan fingerprint density at radius 2 is 1.83 bits per heavy atom. The molecule has 1 atom stereocenters. The highest BCUT2D eigenvalue weighted by atomic mass is 35.5. The van der Waals surface area contributed by atoms with Gasteiger partial charge in [0.15, 0.2) is 11.6 Å². The van der Waals surface area contributed by atoms with E-state index >= 15 is 0 Å². The number of amides is 2. The fourth-order valence-electron chi connectivity index (χ4n) is 3.83. The fraction of sp³-hybridized carbons (Fsp3) is 0.381. The highest BCUT2D eigenvalue weighted by molar-refractivity contribution is 6.30. The molecule has 0 spiro atoms. The molecule has 1 saturated carbocycles. The van der Waals surface area contributed by atoms with Gasteiger partial charge in [-0.25, -0.2) is 9.37 Å². The summed E-state index contributed by atoms with van der Waals surface area (Å²) >= 11 is 11.7. The molecule has 2 aliphatic rings. The molecular weight excluding hydrogens is 416 g/mol.